The number of aliphatic carboxylic acids is 1. The first kappa shape index (κ1) is 18.9. The van der Waals surface area contributed by atoms with Crippen LogP contribution in [0.25, 0.3) is 10.9 Å². The van der Waals surface area contributed by atoms with Crippen molar-refractivity contribution in [3.05, 3.63) is 71.9 Å². The van der Waals surface area contributed by atoms with Gasteiger partial charge in [-0.3, -0.25) is 9.78 Å². The van der Waals surface area contributed by atoms with E-state index < -0.39 is 5.97 Å². The topological polar surface area (TPSA) is 59.4 Å². The molecule has 0 aliphatic carbocycles. The normalized spacial score (nSPS) is 10.8. The van der Waals surface area contributed by atoms with Crippen LogP contribution in [-0.4, -0.2) is 16.1 Å². The number of fused-ring (bicyclic) bond motifs is 1. The second-order valence-corrected chi connectivity index (χ2v) is 6.77. The van der Waals surface area contributed by atoms with E-state index >= 15 is 0 Å². The van der Waals surface area contributed by atoms with Gasteiger partial charge in [0, 0.05) is 18.0 Å². The maximum Gasteiger partial charge on any atom is 0.303 e. The highest BCUT2D eigenvalue weighted by Gasteiger charge is 2.02. The summed E-state index contributed by atoms with van der Waals surface area (Å²) in [6, 6.07) is 18.4. The molecule has 0 aliphatic heterocycles. The first-order valence-electron chi connectivity index (χ1n) is 9.48. The van der Waals surface area contributed by atoms with Crippen LogP contribution in [0.4, 0.5) is 0 Å². The molecule has 4 nitrogen and oxygen atoms in total. The van der Waals surface area contributed by atoms with Gasteiger partial charge in [-0.05, 0) is 54.7 Å². The predicted octanol–water partition coefficient (Wildman–Crippen LogP) is 5.39. The summed E-state index contributed by atoms with van der Waals surface area (Å²) in [7, 11) is 0. The average molecular weight is 363 g/mol. The number of carboxylic acid groups (broad SMARTS) is 1. The molecule has 3 aromatic rings. The number of hydrogen-bond donors (Lipinski definition) is 1. The number of carboxylic acids is 1. The molecule has 0 aliphatic rings. The van der Waals surface area contributed by atoms with Gasteiger partial charge in [0.1, 0.15) is 12.4 Å². The Morgan fingerprint density at radius 3 is 2.70 bits per heavy atom. The lowest BCUT2D eigenvalue weighted by Crippen LogP contribution is -1.97. The lowest BCUT2D eigenvalue weighted by molar-refractivity contribution is -0.137. The molecule has 1 aromatic heterocycles. The Hall–Kier alpha value is -2.88. The summed E-state index contributed by atoms with van der Waals surface area (Å²) >= 11 is 0. The number of pyridine rings is 1. The van der Waals surface area contributed by atoms with Crippen LogP contribution in [0, 0.1) is 0 Å². The molecule has 2 aromatic carbocycles. The van der Waals surface area contributed by atoms with E-state index in [9.17, 15) is 4.79 Å². The van der Waals surface area contributed by atoms with Gasteiger partial charge in [0.2, 0.25) is 0 Å². The molecule has 140 valence electrons. The summed E-state index contributed by atoms with van der Waals surface area (Å²) in [6.07, 6.45) is 6.93. The summed E-state index contributed by atoms with van der Waals surface area (Å²) in [5, 5.41) is 9.78. The number of nitrogens with zero attached hydrogens (tertiary/aromatic N) is 1. The first-order valence-corrected chi connectivity index (χ1v) is 9.48. The monoisotopic (exact) mass is 363 g/mol. The Kier molecular flexibility index (Phi) is 6.80. The number of benzene rings is 2. The van der Waals surface area contributed by atoms with Crippen molar-refractivity contribution in [2.24, 2.45) is 0 Å². The van der Waals surface area contributed by atoms with Crippen LogP contribution in [0.15, 0.2) is 60.8 Å². The molecular formula is C23H25NO3. The number of ether oxygens (including phenoxy) is 1. The number of aryl methyl sites for hydroxylation is 1. The number of carbonyl (C=O) groups is 1. The van der Waals surface area contributed by atoms with E-state index in [1.165, 1.54) is 5.56 Å². The Morgan fingerprint density at radius 2 is 1.81 bits per heavy atom. The molecule has 0 amide bonds. The molecule has 0 spiro atoms. The van der Waals surface area contributed by atoms with Crippen LogP contribution in [0.1, 0.15) is 43.2 Å². The zero-order chi connectivity index (χ0) is 18.9. The van der Waals surface area contributed by atoms with Crippen LogP contribution < -0.4 is 4.74 Å². The summed E-state index contributed by atoms with van der Waals surface area (Å²) < 4.78 is 5.96. The van der Waals surface area contributed by atoms with E-state index in [4.69, 9.17) is 9.84 Å². The van der Waals surface area contributed by atoms with E-state index in [0.717, 1.165) is 54.3 Å². The van der Waals surface area contributed by atoms with Crippen molar-refractivity contribution in [2.45, 2.75) is 45.1 Å². The van der Waals surface area contributed by atoms with Crippen molar-refractivity contribution < 1.29 is 14.6 Å². The number of unbranched alkanes of at least 4 members (excludes halogenated alkanes) is 3. The summed E-state index contributed by atoms with van der Waals surface area (Å²) in [6.45, 7) is 0.519. The molecule has 1 N–H and O–H groups in total. The molecule has 0 bridgehead atoms. The number of hydrogen-bond acceptors (Lipinski definition) is 3. The fraction of sp³-hybridized carbons (Fsp3) is 0.304. The van der Waals surface area contributed by atoms with Gasteiger partial charge >= 0.3 is 5.97 Å². The largest absolute Gasteiger partial charge is 0.489 e. The van der Waals surface area contributed by atoms with Crippen molar-refractivity contribution in [1.29, 1.82) is 0 Å². The van der Waals surface area contributed by atoms with E-state index in [0.29, 0.717) is 6.61 Å². The van der Waals surface area contributed by atoms with Gasteiger partial charge in [-0.25, -0.2) is 0 Å². The maximum atomic E-state index is 10.5. The summed E-state index contributed by atoms with van der Waals surface area (Å²) in [4.78, 5) is 14.9. The SMILES string of the molecule is O=C(O)CCCCCCc1cccc(OCc2ccc3cccnc3c2)c1. The van der Waals surface area contributed by atoms with Crippen molar-refractivity contribution >= 4 is 16.9 Å². The highest BCUT2D eigenvalue weighted by atomic mass is 16.5. The molecule has 0 atom stereocenters. The number of aromatic nitrogens is 1. The Morgan fingerprint density at radius 1 is 0.926 bits per heavy atom. The lowest BCUT2D eigenvalue weighted by Gasteiger charge is -2.09. The Bertz CT molecular complexity index is 891. The quantitative estimate of drug-likeness (QED) is 0.491. The smallest absolute Gasteiger partial charge is 0.303 e. The molecule has 0 saturated heterocycles. The maximum absolute atomic E-state index is 10.5. The van der Waals surface area contributed by atoms with E-state index in [-0.39, 0.29) is 6.42 Å². The van der Waals surface area contributed by atoms with E-state index in [1.807, 2.05) is 18.2 Å². The van der Waals surface area contributed by atoms with Crippen LogP contribution in [0.3, 0.4) is 0 Å². The van der Waals surface area contributed by atoms with Crippen molar-refractivity contribution in [3.8, 4) is 5.75 Å². The third-order valence-corrected chi connectivity index (χ3v) is 4.58. The van der Waals surface area contributed by atoms with Gasteiger partial charge in [-0.2, -0.15) is 0 Å². The average Bonchev–Trinajstić information content (AvgIpc) is 2.69. The van der Waals surface area contributed by atoms with Crippen molar-refractivity contribution in [1.82, 2.24) is 4.98 Å². The van der Waals surface area contributed by atoms with E-state index in [2.05, 4.69) is 41.4 Å². The predicted molar refractivity (Wildman–Crippen MR) is 107 cm³/mol. The Labute approximate surface area is 159 Å². The molecule has 0 fully saturated rings. The van der Waals surface area contributed by atoms with Crippen LogP contribution in [-0.2, 0) is 17.8 Å². The minimum atomic E-state index is -0.706. The van der Waals surface area contributed by atoms with Crippen LogP contribution in [0.2, 0.25) is 0 Å². The van der Waals surface area contributed by atoms with Gasteiger partial charge in [0.25, 0.3) is 0 Å². The van der Waals surface area contributed by atoms with Gasteiger partial charge in [-0.1, -0.05) is 43.2 Å². The Balaban J connectivity index is 1.47. The molecule has 0 radical (unpaired) electrons. The summed E-state index contributed by atoms with van der Waals surface area (Å²) in [5.41, 5.74) is 3.34. The molecule has 27 heavy (non-hydrogen) atoms. The lowest BCUT2D eigenvalue weighted by atomic mass is 10.1. The molecule has 1 heterocycles. The van der Waals surface area contributed by atoms with Gasteiger partial charge < -0.3 is 9.84 Å². The summed E-state index contributed by atoms with van der Waals surface area (Å²) in [5.74, 6) is 0.168. The van der Waals surface area contributed by atoms with Gasteiger partial charge in [0.15, 0.2) is 0 Å². The third-order valence-electron chi connectivity index (χ3n) is 4.58. The molecule has 0 unspecified atom stereocenters. The zero-order valence-electron chi connectivity index (χ0n) is 15.4. The molecule has 0 saturated carbocycles. The standard InChI is InChI=1S/C23H25NO3/c25-23(26)11-4-2-1-3-7-18-8-5-10-21(15-18)27-17-19-12-13-20-9-6-14-24-22(20)16-19/h5-6,8-10,12-16H,1-4,7,11,17H2,(H,25,26). The highest BCUT2D eigenvalue weighted by Crippen LogP contribution is 2.19. The van der Waals surface area contributed by atoms with E-state index in [1.54, 1.807) is 6.20 Å². The fourth-order valence-electron chi connectivity index (χ4n) is 3.12. The minimum absolute atomic E-state index is 0.271. The van der Waals surface area contributed by atoms with Crippen LogP contribution in [0.5, 0.6) is 5.75 Å². The molecular weight excluding hydrogens is 338 g/mol. The second-order valence-electron chi connectivity index (χ2n) is 6.77. The third kappa shape index (κ3) is 6.10. The number of rotatable bonds is 10. The second kappa shape index (κ2) is 9.72. The molecule has 4 heteroatoms. The minimum Gasteiger partial charge on any atom is -0.489 e. The van der Waals surface area contributed by atoms with Crippen LogP contribution >= 0.6 is 0 Å². The first-order chi connectivity index (χ1) is 13.2. The van der Waals surface area contributed by atoms with Crippen molar-refractivity contribution in [3.63, 3.8) is 0 Å². The fourth-order valence-corrected chi connectivity index (χ4v) is 3.12. The van der Waals surface area contributed by atoms with Crippen molar-refractivity contribution in [2.75, 3.05) is 0 Å². The van der Waals surface area contributed by atoms with Gasteiger partial charge in [0.05, 0.1) is 5.52 Å². The van der Waals surface area contributed by atoms with Gasteiger partial charge in [-0.15, -0.1) is 0 Å². The highest BCUT2D eigenvalue weighted by molar-refractivity contribution is 5.78. The molecule has 3 rings (SSSR count). The zero-order valence-corrected chi connectivity index (χ0v) is 15.4.